The second kappa shape index (κ2) is 9.47. The van der Waals surface area contributed by atoms with Gasteiger partial charge in [0.15, 0.2) is 6.10 Å². The molecule has 0 amide bonds. The van der Waals surface area contributed by atoms with Crippen LogP contribution in [-0.4, -0.2) is 53.6 Å². The van der Waals surface area contributed by atoms with Crippen molar-refractivity contribution in [1.29, 1.82) is 0 Å². The van der Waals surface area contributed by atoms with Gasteiger partial charge in [0.2, 0.25) is 21.4 Å². The number of ether oxygens (including phenoxy) is 1. The Morgan fingerprint density at radius 3 is 2.40 bits per heavy atom. The fraction of sp³-hybridized carbons (Fsp3) is 0.240. The van der Waals surface area contributed by atoms with Crippen molar-refractivity contribution in [1.82, 2.24) is 14.3 Å². The van der Waals surface area contributed by atoms with Crippen LogP contribution in [0.1, 0.15) is 41.5 Å². The van der Waals surface area contributed by atoms with Crippen LogP contribution in [0.15, 0.2) is 64.4 Å². The SMILES string of the molecule is CCN(CC)S(=O)(=O)c1ccc2[nH]c(=O)cc(C(=O)O[C@@H](C)C(=O)c3c[nH]c4ccccc34)c2c1. The minimum atomic E-state index is -3.80. The summed E-state index contributed by atoms with van der Waals surface area (Å²) in [4.78, 5) is 43.8. The lowest BCUT2D eigenvalue weighted by molar-refractivity contribution is 0.0321. The van der Waals surface area contributed by atoms with E-state index in [2.05, 4.69) is 9.97 Å². The number of pyridine rings is 1. The molecular weight excluding hydrogens is 470 g/mol. The molecule has 0 aliphatic carbocycles. The van der Waals surface area contributed by atoms with Crippen LogP contribution in [-0.2, 0) is 14.8 Å². The lowest BCUT2D eigenvalue weighted by Crippen LogP contribution is -2.30. The van der Waals surface area contributed by atoms with Gasteiger partial charge in [0.1, 0.15) is 0 Å². The van der Waals surface area contributed by atoms with Crippen LogP contribution >= 0.6 is 0 Å². The largest absolute Gasteiger partial charge is 0.451 e. The Morgan fingerprint density at radius 2 is 1.69 bits per heavy atom. The molecule has 0 unspecified atom stereocenters. The standard InChI is InChI=1S/C25H25N3O6S/c1-4-28(5-2)35(32,33)16-10-11-22-18(12-16)19(13-23(29)27-22)25(31)34-15(3)24(30)20-14-26-21-9-7-6-8-17(20)21/h6-15,26H,4-5H2,1-3H3,(H,27,29)/t15-/m0/s1. The molecule has 0 fully saturated rings. The monoisotopic (exact) mass is 495 g/mol. The molecule has 0 radical (unpaired) electrons. The summed E-state index contributed by atoms with van der Waals surface area (Å²) in [5.41, 5.74) is 0.748. The summed E-state index contributed by atoms with van der Waals surface area (Å²) in [5.74, 6) is -1.31. The number of fused-ring (bicyclic) bond motifs is 2. The van der Waals surface area contributed by atoms with Crippen molar-refractivity contribution in [2.24, 2.45) is 0 Å². The minimum absolute atomic E-state index is 0.0160. The molecule has 0 aliphatic heterocycles. The minimum Gasteiger partial charge on any atom is -0.451 e. The highest BCUT2D eigenvalue weighted by Gasteiger charge is 2.26. The average Bonchev–Trinajstić information content (AvgIpc) is 3.27. The first-order chi connectivity index (χ1) is 16.7. The molecule has 9 nitrogen and oxygen atoms in total. The molecule has 182 valence electrons. The summed E-state index contributed by atoms with van der Waals surface area (Å²) in [7, 11) is -3.80. The predicted octanol–water partition coefficient (Wildman–Crippen LogP) is 3.47. The summed E-state index contributed by atoms with van der Waals surface area (Å²) >= 11 is 0. The van der Waals surface area contributed by atoms with Crippen molar-refractivity contribution < 1.29 is 22.7 Å². The van der Waals surface area contributed by atoms with Crippen molar-refractivity contribution in [2.45, 2.75) is 31.8 Å². The van der Waals surface area contributed by atoms with Crippen LogP contribution in [0.3, 0.4) is 0 Å². The van der Waals surface area contributed by atoms with Crippen LogP contribution in [0.2, 0.25) is 0 Å². The molecule has 0 saturated heterocycles. The molecule has 0 spiro atoms. The number of sulfonamides is 1. The molecule has 0 saturated carbocycles. The van der Waals surface area contributed by atoms with E-state index >= 15 is 0 Å². The molecule has 2 N–H and O–H groups in total. The first-order valence-electron chi connectivity index (χ1n) is 11.2. The Bertz CT molecular complexity index is 1600. The first-order valence-corrected chi connectivity index (χ1v) is 12.6. The number of aromatic amines is 2. The van der Waals surface area contributed by atoms with Crippen LogP contribution < -0.4 is 5.56 Å². The Labute approximate surface area is 201 Å². The van der Waals surface area contributed by atoms with Crippen molar-refractivity contribution >= 4 is 43.6 Å². The highest BCUT2D eigenvalue weighted by atomic mass is 32.2. The number of esters is 1. The second-order valence-electron chi connectivity index (χ2n) is 8.00. The molecule has 10 heteroatoms. The number of para-hydroxylation sites is 1. The smallest absolute Gasteiger partial charge is 0.339 e. The van der Waals surface area contributed by atoms with E-state index in [1.165, 1.54) is 29.4 Å². The van der Waals surface area contributed by atoms with Gasteiger partial charge in [-0.2, -0.15) is 4.31 Å². The summed E-state index contributed by atoms with van der Waals surface area (Å²) in [6.45, 7) is 5.48. The number of ketones is 1. The fourth-order valence-electron chi connectivity index (χ4n) is 4.05. The number of hydrogen-bond donors (Lipinski definition) is 2. The van der Waals surface area contributed by atoms with Gasteiger partial charge in [-0.05, 0) is 31.2 Å². The van der Waals surface area contributed by atoms with Gasteiger partial charge in [0.25, 0.3) is 0 Å². The lowest BCUT2D eigenvalue weighted by atomic mass is 10.1. The molecule has 1 atom stereocenters. The van der Waals surface area contributed by atoms with E-state index in [0.717, 1.165) is 11.6 Å². The maximum Gasteiger partial charge on any atom is 0.339 e. The molecule has 0 bridgehead atoms. The third-order valence-corrected chi connectivity index (χ3v) is 7.93. The van der Waals surface area contributed by atoms with Gasteiger partial charge < -0.3 is 14.7 Å². The quantitative estimate of drug-likeness (QED) is 0.284. The van der Waals surface area contributed by atoms with Gasteiger partial charge in [-0.1, -0.05) is 32.0 Å². The summed E-state index contributed by atoms with van der Waals surface area (Å²) in [5, 5.41) is 0.905. The molecule has 35 heavy (non-hydrogen) atoms. The Kier molecular flexibility index (Phi) is 6.60. The zero-order valence-electron chi connectivity index (χ0n) is 19.5. The second-order valence-corrected chi connectivity index (χ2v) is 9.94. The summed E-state index contributed by atoms with van der Waals surface area (Å²) < 4.78 is 32.7. The maximum atomic E-state index is 13.1. The fourth-order valence-corrected chi connectivity index (χ4v) is 5.53. The zero-order valence-corrected chi connectivity index (χ0v) is 20.3. The summed E-state index contributed by atoms with van der Waals surface area (Å²) in [6, 6.07) is 12.4. The number of carbonyl (C=O) groups excluding carboxylic acids is 2. The molecule has 4 rings (SSSR count). The van der Waals surface area contributed by atoms with E-state index in [1.807, 2.05) is 12.1 Å². The molecule has 2 aromatic heterocycles. The number of benzene rings is 2. The number of rotatable bonds is 8. The van der Waals surface area contributed by atoms with E-state index < -0.39 is 33.4 Å². The van der Waals surface area contributed by atoms with Gasteiger partial charge in [-0.25, -0.2) is 13.2 Å². The van der Waals surface area contributed by atoms with Gasteiger partial charge >= 0.3 is 5.97 Å². The number of Topliss-reactive ketones (excluding diaryl/α,β-unsaturated/α-hetero) is 1. The van der Waals surface area contributed by atoms with Crippen LogP contribution in [0.5, 0.6) is 0 Å². The Balaban J connectivity index is 1.69. The number of nitrogens with one attached hydrogen (secondary N) is 2. The van der Waals surface area contributed by atoms with E-state index in [-0.39, 0.29) is 34.5 Å². The maximum absolute atomic E-state index is 13.1. The zero-order chi connectivity index (χ0) is 25.3. The third kappa shape index (κ3) is 4.50. The first kappa shape index (κ1) is 24.4. The van der Waals surface area contributed by atoms with Crippen molar-refractivity contribution in [3.05, 3.63) is 76.2 Å². The van der Waals surface area contributed by atoms with Crippen molar-refractivity contribution in [3.63, 3.8) is 0 Å². The molecule has 2 heterocycles. The number of hydrogen-bond acceptors (Lipinski definition) is 6. The number of H-pyrrole nitrogens is 2. The van der Waals surface area contributed by atoms with E-state index in [0.29, 0.717) is 10.9 Å². The highest BCUT2D eigenvalue weighted by molar-refractivity contribution is 7.89. The summed E-state index contributed by atoms with van der Waals surface area (Å²) in [6.07, 6.45) is 0.420. The van der Waals surface area contributed by atoms with Gasteiger partial charge in [-0.15, -0.1) is 0 Å². The van der Waals surface area contributed by atoms with Gasteiger partial charge in [-0.3, -0.25) is 9.59 Å². The van der Waals surface area contributed by atoms with E-state index in [9.17, 15) is 22.8 Å². The molecule has 4 aromatic rings. The Morgan fingerprint density at radius 1 is 0.971 bits per heavy atom. The van der Waals surface area contributed by atoms with Crippen LogP contribution in [0.4, 0.5) is 0 Å². The Hall–Kier alpha value is -3.76. The third-order valence-electron chi connectivity index (χ3n) is 5.89. The van der Waals surface area contributed by atoms with Gasteiger partial charge in [0, 0.05) is 52.7 Å². The highest BCUT2D eigenvalue weighted by Crippen LogP contribution is 2.24. The van der Waals surface area contributed by atoms with Crippen LogP contribution in [0.25, 0.3) is 21.8 Å². The number of carbonyl (C=O) groups is 2. The van der Waals surface area contributed by atoms with Crippen molar-refractivity contribution in [3.8, 4) is 0 Å². The number of nitrogens with zero attached hydrogens (tertiary/aromatic N) is 1. The lowest BCUT2D eigenvalue weighted by Gasteiger charge is -2.19. The van der Waals surface area contributed by atoms with Crippen molar-refractivity contribution in [2.75, 3.05) is 13.1 Å². The number of aromatic nitrogens is 2. The molecule has 2 aromatic carbocycles. The molecular formula is C25H25N3O6S. The normalized spacial score (nSPS) is 12.8. The van der Waals surface area contributed by atoms with E-state index in [4.69, 9.17) is 4.74 Å². The molecule has 0 aliphatic rings. The average molecular weight is 496 g/mol. The van der Waals surface area contributed by atoms with Crippen LogP contribution in [0, 0.1) is 0 Å². The topological polar surface area (TPSA) is 129 Å². The van der Waals surface area contributed by atoms with E-state index in [1.54, 1.807) is 32.2 Å². The van der Waals surface area contributed by atoms with Gasteiger partial charge in [0.05, 0.1) is 10.5 Å². The predicted molar refractivity (Wildman–Crippen MR) is 132 cm³/mol.